The zero-order valence-corrected chi connectivity index (χ0v) is 12.2. The smallest absolute Gasteiger partial charge is 0.0931 e. The molecule has 3 unspecified atom stereocenters. The molecule has 2 nitrogen and oxygen atoms in total. The predicted octanol–water partition coefficient (Wildman–Crippen LogP) is 3.21. The third-order valence-corrected chi connectivity index (χ3v) is 5.37. The van der Waals surface area contributed by atoms with Crippen molar-refractivity contribution in [2.75, 3.05) is 12.8 Å². The molecule has 0 aliphatic heterocycles. The van der Waals surface area contributed by atoms with Gasteiger partial charge in [-0.25, -0.2) is 0 Å². The van der Waals surface area contributed by atoms with Crippen molar-refractivity contribution in [2.24, 2.45) is 0 Å². The maximum Gasteiger partial charge on any atom is 0.0931 e. The third-order valence-electron chi connectivity index (χ3n) is 2.59. The molecular weight excluding hydrogens is 262 g/mol. The first-order valence-electron chi connectivity index (χ1n) is 5.31. The van der Waals surface area contributed by atoms with E-state index in [0.29, 0.717) is 6.04 Å². The molecule has 0 saturated heterocycles. The normalized spacial score (nSPS) is 17.0. The predicted molar refractivity (Wildman–Crippen MR) is 73.9 cm³/mol. The first-order valence-corrected chi connectivity index (χ1v) is 8.13. The van der Waals surface area contributed by atoms with Gasteiger partial charge in [-0.1, -0.05) is 18.5 Å². The number of hydrogen-bond donors (Lipinski definition) is 1. The van der Waals surface area contributed by atoms with Gasteiger partial charge in [0.15, 0.2) is 0 Å². The van der Waals surface area contributed by atoms with E-state index in [0.717, 1.165) is 17.3 Å². The van der Waals surface area contributed by atoms with Gasteiger partial charge in [0.2, 0.25) is 0 Å². The van der Waals surface area contributed by atoms with Gasteiger partial charge >= 0.3 is 0 Å². The molecule has 0 bridgehead atoms. The first kappa shape index (κ1) is 14.2. The topological polar surface area (TPSA) is 29.1 Å². The van der Waals surface area contributed by atoms with Crippen LogP contribution in [0.5, 0.6) is 0 Å². The standard InChI is InChI=1S/C11H18ClNOS2/c1-8(16(3)14)6-7-13-9(2)10-4-5-11(12)15-10/h4-5,8-9,13H,6-7H2,1-3H3. The Hall–Kier alpha value is 0.1000. The van der Waals surface area contributed by atoms with Gasteiger partial charge in [-0.15, -0.1) is 11.3 Å². The van der Waals surface area contributed by atoms with Crippen LogP contribution < -0.4 is 5.32 Å². The Kier molecular flexibility index (Phi) is 5.97. The van der Waals surface area contributed by atoms with Crippen LogP contribution in [0.3, 0.4) is 0 Å². The van der Waals surface area contributed by atoms with E-state index in [1.807, 2.05) is 19.1 Å². The van der Waals surface area contributed by atoms with Crippen molar-refractivity contribution >= 4 is 33.7 Å². The van der Waals surface area contributed by atoms with Crippen molar-refractivity contribution < 1.29 is 4.21 Å². The molecule has 1 rings (SSSR count). The van der Waals surface area contributed by atoms with Crippen LogP contribution in [0.1, 0.15) is 31.2 Å². The summed E-state index contributed by atoms with van der Waals surface area (Å²) < 4.78 is 12.0. The second kappa shape index (κ2) is 6.74. The van der Waals surface area contributed by atoms with Crippen molar-refractivity contribution in [1.82, 2.24) is 5.32 Å². The SMILES string of the molecule is CC(NCCC(C)S(C)=O)c1ccc(Cl)s1. The minimum absolute atomic E-state index is 0.256. The Balaban J connectivity index is 2.30. The Morgan fingerprint density at radius 1 is 1.50 bits per heavy atom. The van der Waals surface area contributed by atoms with Crippen LogP contribution >= 0.6 is 22.9 Å². The molecule has 92 valence electrons. The Bertz CT molecular complexity index is 354. The van der Waals surface area contributed by atoms with Crippen LogP contribution in [0.15, 0.2) is 12.1 Å². The molecule has 1 N–H and O–H groups in total. The van der Waals surface area contributed by atoms with E-state index in [4.69, 9.17) is 11.6 Å². The molecule has 3 atom stereocenters. The number of halogens is 1. The summed E-state index contributed by atoms with van der Waals surface area (Å²) in [7, 11) is -0.724. The van der Waals surface area contributed by atoms with Gasteiger partial charge in [0, 0.05) is 33.2 Å². The van der Waals surface area contributed by atoms with Gasteiger partial charge in [0.1, 0.15) is 0 Å². The molecule has 5 heteroatoms. The fraction of sp³-hybridized carbons (Fsp3) is 0.636. The maximum absolute atomic E-state index is 11.2. The van der Waals surface area contributed by atoms with Crippen molar-refractivity contribution in [1.29, 1.82) is 0 Å². The van der Waals surface area contributed by atoms with Gasteiger partial charge in [0.25, 0.3) is 0 Å². The van der Waals surface area contributed by atoms with Gasteiger partial charge in [-0.05, 0) is 32.0 Å². The molecule has 16 heavy (non-hydrogen) atoms. The van der Waals surface area contributed by atoms with Gasteiger partial charge in [-0.2, -0.15) is 0 Å². The van der Waals surface area contributed by atoms with Crippen LogP contribution in [0, 0.1) is 0 Å². The molecule has 0 aliphatic rings. The highest BCUT2D eigenvalue weighted by Crippen LogP contribution is 2.26. The Morgan fingerprint density at radius 3 is 2.69 bits per heavy atom. The summed E-state index contributed by atoms with van der Waals surface area (Å²) in [6, 6.07) is 4.28. The van der Waals surface area contributed by atoms with Crippen molar-refractivity contribution in [3.8, 4) is 0 Å². The number of thiophene rings is 1. The minimum Gasteiger partial charge on any atom is -0.309 e. The van der Waals surface area contributed by atoms with Crippen LogP contribution in [-0.4, -0.2) is 22.3 Å². The molecule has 0 saturated carbocycles. The van der Waals surface area contributed by atoms with Gasteiger partial charge < -0.3 is 5.32 Å². The summed E-state index contributed by atoms with van der Waals surface area (Å²) in [5.41, 5.74) is 0. The lowest BCUT2D eigenvalue weighted by molar-refractivity contribution is 0.560. The maximum atomic E-state index is 11.2. The van der Waals surface area contributed by atoms with Crippen LogP contribution in [-0.2, 0) is 10.8 Å². The molecule has 0 radical (unpaired) electrons. The van der Waals surface area contributed by atoms with Crippen molar-refractivity contribution in [3.63, 3.8) is 0 Å². The summed E-state index contributed by atoms with van der Waals surface area (Å²) in [4.78, 5) is 1.25. The highest BCUT2D eigenvalue weighted by atomic mass is 35.5. The Morgan fingerprint density at radius 2 is 2.19 bits per heavy atom. The van der Waals surface area contributed by atoms with E-state index in [-0.39, 0.29) is 5.25 Å². The highest BCUT2D eigenvalue weighted by Gasteiger charge is 2.09. The van der Waals surface area contributed by atoms with E-state index >= 15 is 0 Å². The number of nitrogens with one attached hydrogen (secondary N) is 1. The average molecular weight is 280 g/mol. The molecule has 0 aliphatic carbocycles. The quantitative estimate of drug-likeness (QED) is 0.866. The Labute approximate surface area is 109 Å². The fourth-order valence-electron chi connectivity index (χ4n) is 1.33. The van der Waals surface area contributed by atoms with Crippen LogP contribution in [0.2, 0.25) is 4.34 Å². The zero-order valence-electron chi connectivity index (χ0n) is 9.83. The molecule has 1 heterocycles. The summed E-state index contributed by atoms with van der Waals surface area (Å²) in [6.45, 7) is 5.03. The average Bonchev–Trinajstić information content (AvgIpc) is 2.64. The van der Waals surface area contributed by atoms with Crippen molar-refractivity contribution in [2.45, 2.75) is 31.6 Å². The van der Waals surface area contributed by atoms with E-state index in [9.17, 15) is 4.21 Å². The lowest BCUT2D eigenvalue weighted by Gasteiger charge is -2.14. The van der Waals surface area contributed by atoms with Crippen LogP contribution in [0.4, 0.5) is 0 Å². The number of rotatable bonds is 6. The number of hydrogen-bond acceptors (Lipinski definition) is 3. The lowest BCUT2D eigenvalue weighted by Crippen LogP contribution is -2.23. The molecule has 1 aromatic heterocycles. The zero-order chi connectivity index (χ0) is 12.1. The first-order chi connectivity index (χ1) is 7.50. The molecule has 0 spiro atoms. The summed E-state index contributed by atoms with van der Waals surface area (Å²) in [6.07, 6.45) is 2.69. The third kappa shape index (κ3) is 4.53. The van der Waals surface area contributed by atoms with Crippen molar-refractivity contribution in [3.05, 3.63) is 21.3 Å². The largest absolute Gasteiger partial charge is 0.309 e. The van der Waals surface area contributed by atoms with E-state index in [2.05, 4.69) is 12.2 Å². The molecule has 0 aromatic carbocycles. The molecule has 0 fully saturated rings. The van der Waals surface area contributed by atoms with E-state index < -0.39 is 10.8 Å². The minimum atomic E-state index is -0.724. The second-order valence-electron chi connectivity index (χ2n) is 3.92. The fourth-order valence-corrected chi connectivity index (χ4v) is 2.87. The lowest BCUT2D eigenvalue weighted by atomic mass is 10.2. The summed E-state index contributed by atoms with van der Waals surface area (Å²) in [5.74, 6) is 0. The van der Waals surface area contributed by atoms with E-state index in [1.165, 1.54) is 4.88 Å². The van der Waals surface area contributed by atoms with Gasteiger partial charge in [-0.3, -0.25) is 4.21 Å². The van der Waals surface area contributed by atoms with Gasteiger partial charge in [0.05, 0.1) is 4.34 Å². The molecule has 0 amide bonds. The summed E-state index contributed by atoms with van der Waals surface area (Å²) >= 11 is 7.48. The molecular formula is C11H18ClNOS2. The molecule has 1 aromatic rings. The van der Waals surface area contributed by atoms with E-state index in [1.54, 1.807) is 17.6 Å². The second-order valence-corrected chi connectivity index (χ2v) is 7.46. The summed E-state index contributed by atoms with van der Waals surface area (Å²) in [5, 5.41) is 3.67. The van der Waals surface area contributed by atoms with Crippen LogP contribution in [0.25, 0.3) is 0 Å². The monoisotopic (exact) mass is 279 g/mol. The highest BCUT2D eigenvalue weighted by molar-refractivity contribution is 7.84.